The van der Waals surface area contributed by atoms with E-state index in [0.717, 1.165) is 0 Å². The van der Waals surface area contributed by atoms with Crippen molar-refractivity contribution in [3.8, 4) is 0 Å². The van der Waals surface area contributed by atoms with Gasteiger partial charge in [-0.3, -0.25) is 9.59 Å². The Hall–Kier alpha value is -1.78. The average molecular weight is 267 g/mol. The van der Waals surface area contributed by atoms with Gasteiger partial charge in [0, 0.05) is 18.5 Å². The molecule has 1 amide bonds. The second-order valence-corrected chi connectivity index (χ2v) is 5.38. The molecule has 0 aliphatic heterocycles. The summed E-state index contributed by atoms with van der Waals surface area (Å²) in [5.41, 5.74) is 0.0808. The van der Waals surface area contributed by atoms with Gasteiger partial charge in [0.25, 0.3) is 5.91 Å². The molecule has 0 aliphatic rings. The number of carboxylic acid groups (broad SMARTS) is 1. The smallest absolute Gasteiger partial charge is 0.305 e. The van der Waals surface area contributed by atoms with Crippen LogP contribution in [0.15, 0.2) is 16.7 Å². The van der Waals surface area contributed by atoms with E-state index in [-0.39, 0.29) is 18.9 Å². The Labute approximate surface area is 113 Å². The van der Waals surface area contributed by atoms with E-state index < -0.39 is 11.5 Å². The summed E-state index contributed by atoms with van der Waals surface area (Å²) in [6.07, 6.45) is 2.05. The zero-order valence-electron chi connectivity index (χ0n) is 11.9. The highest BCUT2D eigenvalue weighted by Gasteiger charge is 2.29. The first kappa shape index (κ1) is 15.3. The molecule has 1 heterocycles. The summed E-state index contributed by atoms with van der Waals surface area (Å²) in [5.74, 6) is -0.459. The molecule has 0 aromatic carbocycles. The molecular weight excluding hydrogens is 246 g/mol. The molecule has 5 nitrogen and oxygen atoms in total. The summed E-state index contributed by atoms with van der Waals surface area (Å²) in [7, 11) is 0. The highest BCUT2D eigenvalue weighted by atomic mass is 16.4. The largest absolute Gasteiger partial charge is 0.481 e. The molecule has 0 unspecified atom stereocenters. The highest BCUT2D eigenvalue weighted by molar-refractivity contribution is 5.95. The quantitative estimate of drug-likeness (QED) is 0.890. The molecule has 0 radical (unpaired) electrons. The predicted molar refractivity (Wildman–Crippen MR) is 71.1 cm³/mol. The van der Waals surface area contributed by atoms with E-state index in [1.165, 1.54) is 6.26 Å². The van der Waals surface area contributed by atoms with Gasteiger partial charge < -0.3 is 14.4 Å². The second-order valence-electron chi connectivity index (χ2n) is 5.38. The van der Waals surface area contributed by atoms with Gasteiger partial charge in [0.05, 0.1) is 18.2 Å². The molecule has 106 valence electrons. The first-order valence-electron chi connectivity index (χ1n) is 6.37. The first-order chi connectivity index (χ1) is 8.77. The maximum Gasteiger partial charge on any atom is 0.305 e. The molecule has 0 saturated carbocycles. The van der Waals surface area contributed by atoms with Gasteiger partial charge in [0.2, 0.25) is 0 Å². The minimum absolute atomic E-state index is 0.0671. The molecular formula is C14H21NO4. The number of hydrogen-bond acceptors (Lipinski definition) is 3. The summed E-state index contributed by atoms with van der Waals surface area (Å²) in [4.78, 5) is 24.8. The third kappa shape index (κ3) is 3.84. The van der Waals surface area contributed by atoms with E-state index in [0.29, 0.717) is 17.7 Å². The molecule has 0 atom stereocenters. The van der Waals surface area contributed by atoms with Crippen molar-refractivity contribution in [2.45, 2.75) is 46.1 Å². The SMILES string of the molecule is CCc1occc1C(=O)N(CCC(=O)O)C(C)(C)C. The van der Waals surface area contributed by atoms with Crippen LogP contribution < -0.4 is 0 Å². The van der Waals surface area contributed by atoms with Crippen LogP contribution in [0.5, 0.6) is 0 Å². The van der Waals surface area contributed by atoms with Crippen molar-refractivity contribution in [2.24, 2.45) is 0 Å². The molecule has 19 heavy (non-hydrogen) atoms. The lowest BCUT2D eigenvalue weighted by atomic mass is 10.0. The van der Waals surface area contributed by atoms with Crippen LogP contribution in [-0.4, -0.2) is 34.0 Å². The first-order valence-corrected chi connectivity index (χ1v) is 6.37. The maximum absolute atomic E-state index is 12.5. The van der Waals surface area contributed by atoms with Crippen molar-refractivity contribution in [3.05, 3.63) is 23.7 Å². The number of carboxylic acids is 1. The molecule has 0 bridgehead atoms. The Kier molecular flexibility index (Phi) is 4.75. The molecule has 5 heteroatoms. The van der Waals surface area contributed by atoms with Crippen LogP contribution in [0.1, 0.15) is 50.2 Å². The van der Waals surface area contributed by atoms with Gasteiger partial charge in [-0.2, -0.15) is 0 Å². The van der Waals surface area contributed by atoms with E-state index in [1.807, 2.05) is 27.7 Å². The Bertz CT molecular complexity index is 456. The highest BCUT2D eigenvalue weighted by Crippen LogP contribution is 2.21. The van der Waals surface area contributed by atoms with Crippen LogP contribution in [0.25, 0.3) is 0 Å². The van der Waals surface area contributed by atoms with E-state index in [2.05, 4.69) is 0 Å². The van der Waals surface area contributed by atoms with Crippen LogP contribution in [0.3, 0.4) is 0 Å². The van der Waals surface area contributed by atoms with Gasteiger partial charge in [0.1, 0.15) is 5.76 Å². The lowest BCUT2D eigenvalue weighted by Gasteiger charge is -2.35. The second kappa shape index (κ2) is 5.91. The number of nitrogens with zero attached hydrogens (tertiary/aromatic N) is 1. The van der Waals surface area contributed by atoms with E-state index in [4.69, 9.17) is 9.52 Å². The van der Waals surface area contributed by atoms with Gasteiger partial charge in [-0.05, 0) is 26.8 Å². The normalized spacial score (nSPS) is 11.4. The third-order valence-electron chi connectivity index (χ3n) is 2.90. The number of hydrogen-bond donors (Lipinski definition) is 1. The minimum Gasteiger partial charge on any atom is -0.481 e. The van der Waals surface area contributed by atoms with Crippen LogP contribution in [0.2, 0.25) is 0 Å². The Morgan fingerprint density at radius 2 is 2.00 bits per heavy atom. The molecule has 0 fully saturated rings. The fraction of sp³-hybridized carbons (Fsp3) is 0.571. The van der Waals surface area contributed by atoms with Crippen molar-refractivity contribution >= 4 is 11.9 Å². The summed E-state index contributed by atoms with van der Waals surface area (Å²) < 4.78 is 5.26. The Balaban J connectivity index is 2.98. The lowest BCUT2D eigenvalue weighted by molar-refractivity contribution is -0.137. The Morgan fingerprint density at radius 3 is 2.47 bits per heavy atom. The summed E-state index contributed by atoms with van der Waals surface area (Å²) in [6.45, 7) is 7.76. The van der Waals surface area contributed by atoms with Gasteiger partial charge in [-0.15, -0.1) is 0 Å². The van der Waals surface area contributed by atoms with Crippen LogP contribution >= 0.6 is 0 Å². The molecule has 1 aromatic heterocycles. The maximum atomic E-state index is 12.5. The lowest BCUT2D eigenvalue weighted by Crippen LogP contribution is -2.46. The number of carbonyl (C=O) groups is 2. The summed E-state index contributed by atoms with van der Waals surface area (Å²) >= 11 is 0. The number of rotatable bonds is 5. The van der Waals surface area contributed by atoms with Crippen LogP contribution in [-0.2, 0) is 11.2 Å². The van der Waals surface area contributed by atoms with E-state index in [9.17, 15) is 9.59 Å². The van der Waals surface area contributed by atoms with Gasteiger partial charge in [-0.1, -0.05) is 6.92 Å². The van der Waals surface area contributed by atoms with Crippen LogP contribution in [0.4, 0.5) is 0 Å². The van der Waals surface area contributed by atoms with Crippen molar-refractivity contribution in [1.82, 2.24) is 4.90 Å². The van der Waals surface area contributed by atoms with Crippen molar-refractivity contribution in [2.75, 3.05) is 6.54 Å². The van der Waals surface area contributed by atoms with Crippen molar-refractivity contribution in [3.63, 3.8) is 0 Å². The number of aryl methyl sites for hydroxylation is 1. The molecule has 1 aromatic rings. The third-order valence-corrected chi connectivity index (χ3v) is 2.90. The molecule has 0 saturated heterocycles. The molecule has 1 rings (SSSR count). The molecule has 0 aliphatic carbocycles. The molecule has 1 N–H and O–H groups in total. The topological polar surface area (TPSA) is 70.8 Å². The zero-order valence-corrected chi connectivity index (χ0v) is 11.9. The van der Waals surface area contributed by atoms with Gasteiger partial charge in [-0.25, -0.2) is 0 Å². The van der Waals surface area contributed by atoms with Crippen molar-refractivity contribution < 1.29 is 19.1 Å². The van der Waals surface area contributed by atoms with Crippen LogP contribution in [0, 0.1) is 0 Å². The average Bonchev–Trinajstić information content (AvgIpc) is 2.74. The number of amides is 1. The standard InChI is InChI=1S/C14H21NO4/c1-5-11-10(7-9-19-11)13(18)15(14(2,3)4)8-6-12(16)17/h7,9H,5-6,8H2,1-4H3,(H,16,17). The van der Waals surface area contributed by atoms with E-state index >= 15 is 0 Å². The summed E-state index contributed by atoms with van der Waals surface area (Å²) in [6, 6.07) is 1.64. The van der Waals surface area contributed by atoms with Gasteiger partial charge in [0.15, 0.2) is 0 Å². The number of aliphatic carboxylic acids is 1. The van der Waals surface area contributed by atoms with E-state index in [1.54, 1.807) is 11.0 Å². The Morgan fingerprint density at radius 1 is 1.37 bits per heavy atom. The minimum atomic E-state index is -0.912. The number of furan rings is 1. The zero-order chi connectivity index (χ0) is 14.6. The predicted octanol–water partition coefficient (Wildman–Crippen LogP) is 2.56. The number of carbonyl (C=O) groups excluding carboxylic acids is 1. The van der Waals surface area contributed by atoms with Gasteiger partial charge >= 0.3 is 5.97 Å². The molecule has 0 spiro atoms. The fourth-order valence-corrected chi connectivity index (χ4v) is 1.90. The summed E-state index contributed by atoms with van der Waals surface area (Å²) in [5, 5.41) is 8.78. The monoisotopic (exact) mass is 267 g/mol. The fourth-order valence-electron chi connectivity index (χ4n) is 1.90. The van der Waals surface area contributed by atoms with Crippen molar-refractivity contribution in [1.29, 1.82) is 0 Å².